The van der Waals surface area contributed by atoms with Gasteiger partial charge >= 0.3 is 5.97 Å². The largest absolute Gasteiger partial charge is 0.427 e. The van der Waals surface area contributed by atoms with Crippen LogP contribution in [0.4, 0.5) is 5.69 Å². The van der Waals surface area contributed by atoms with Crippen LogP contribution in [-0.4, -0.2) is 5.97 Å². The predicted molar refractivity (Wildman–Crippen MR) is 54.0 cm³/mol. The number of halogens is 1. The number of carbonyl (C=O) groups is 1. The van der Waals surface area contributed by atoms with E-state index >= 15 is 0 Å². The summed E-state index contributed by atoms with van der Waals surface area (Å²) < 4.78 is 4.92. The van der Waals surface area contributed by atoms with Crippen LogP contribution in [0.2, 0.25) is 0 Å². The molecule has 3 nitrogen and oxygen atoms in total. The van der Waals surface area contributed by atoms with E-state index in [-0.39, 0.29) is 18.4 Å². The number of nitrogens with two attached hydrogens (primary N) is 1. The molecule has 0 heterocycles. The molecule has 0 aliphatic rings. The first-order chi connectivity index (χ1) is 5.72. The van der Waals surface area contributed by atoms with Crippen LogP contribution in [0.5, 0.6) is 5.75 Å². The van der Waals surface area contributed by atoms with Crippen molar-refractivity contribution in [3.05, 3.63) is 24.3 Å². The molecule has 2 N–H and O–H groups in total. The lowest BCUT2D eigenvalue weighted by atomic mass is 10.3. The molecule has 0 aliphatic carbocycles. The van der Waals surface area contributed by atoms with Gasteiger partial charge in [0.15, 0.2) is 0 Å². The van der Waals surface area contributed by atoms with Crippen LogP contribution in [0.15, 0.2) is 24.3 Å². The highest BCUT2D eigenvalue weighted by molar-refractivity contribution is 5.85. The number of hydrogen-bond acceptors (Lipinski definition) is 3. The van der Waals surface area contributed by atoms with Gasteiger partial charge in [0, 0.05) is 12.1 Å². The van der Waals surface area contributed by atoms with Crippen LogP contribution in [0.25, 0.3) is 0 Å². The number of esters is 1. The zero-order valence-electron chi connectivity index (χ0n) is 7.32. The summed E-state index contributed by atoms with van der Waals surface area (Å²) in [5, 5.41) is 0. The zero-order valence-corrected chi connectivity index (χ0v) is 8.14. The smallest absolute Gasteiger partial charge is 0.310 e. The third kappa shape index (κ3) is 3.80. The molecule has 1 aromatic rings. The highest BCUT2D eigenvalue weighted by atomic mass is 35.5. The van der Waals surface area contributed by atoms with Crippen LogP contribution in [0.1, 0.15) is 13.3 Å². The van der Waals surface area contributed by atoms with Crippen molar-refractivity contribution in [2.24, 2.45) is 0 Å². The van der Waals surface area contributed by atoms with Gasteiger partial charge in [-0.15, -0.1) is 12.4 Å². The molecule has 4 heteroatoms. The molecule has 72 valence electrons. The lowest BCUT2D eigenvalue weighted by Gasteiger charge is -2.01. The Morgan fingerprint density at radius 2 is 1.92 bits per heavy atom. The van der Waals surface area contributed by atoms with Gasteiger partial charge in [-0.3, -0.25) is 4.79 Å². The highest BCUT2D eigenvalue weighted by Crippen LogP contribution is 2.13. The van der Waals surface area contributed by atoms with Crippen LogP contribution < -0.4 is 10.5 Å². The average Bonchev–Trinajstić information content (AvgIpc) is 2.09. The van der Waals surface area contributed by atoms with Crippen molar-refractivity contribution in [1.82, 2.24) is 0 Å². The van der Waals surface area contributed by atoms with Gasteiger partial charge in [-0.25, -0.2) is 0 Å². The summed E-state index contributed by atoms with van der Waals surface area (Å²) >= 11 is 0. The van der Waals surface area contributed by atoms with E-state index in [1.54, 1.807) is 31.2 Å². The van der Waals surface area contributed by atoms with Gasteiger partial charge in [-0.1, -0.05) is 6.92 Å². The maximum atomic E-state index is 10.8. The maximum absolute atomic E-state index is 10.8. The molecule has 0 radical (unpaired) electrons. The zero-order chi connectivity index (χ0) is 8.97. The van der Waals surface area contributed by atoms with Crippen molar-refractivity contribution in [1.29, 1.82) is 0 Å². The summed E-state index contributed by atoms with van der Waals surface area (Å²) in [4.78, 5) is 10.8. The molecule has 0 unspecified atom stereocenters. The van der Waals surface area contributed by atoms with Gasteiger partial charge in [0.25, 0.3) is 0 Å². The second kappa shape index (κ2) is 5.43. The van der Waals surface area contributed by atoms with Crippen molar-refractivity contribution in [3.8, 4) is 5.75 Å². The van der Waals surface area contributed by atoms with Gasteiger partial charge in [0.05, 0.1) is 0 Å². The topological polar surface area (TPSA) is 52.3 Å². The summed E-state index contributed by atoms with van der Waals surface area (Å²) in [6, 6.07) is 6.72. The third-order valence-corrected chi connectivity index (χ3v) is 1.40. The SMILES string of the molecule is CCC(=O)Oc1ccc(N)cc1.Cl. The van der Waals surface area contributed by atoms with E-state index in [1.807, 2.05) is 0 Å². The summed E-state index contributed by atoms with van der Waals surface area (Å²) in [6.07, 6.45) is 0.379. The molecule has 0 atom stereocenters. The standard InChI is InChI=1S/C9H11NO2.ClH/c1-2-9(11)12-8-5-3-7(10)4-6-8;/h3-6H,2,10H2,1H3;1H. The summed E-state index contributed by atoms with van der Waals surface area (Å²) in [7, 11) is 0. The predicted octanol–water partition coefficient (Wildman–Crippen LogP) is 2.01. The highest BCUT2D eigenvalue weighted by Gasteiger charge is 1.99. The van der Waals surface area contributed by atoms with E-state index in [0.29, 0.717) is 17.9 Å². The number of nitrogen functional groups attached to an aromatic ring is 1. The number of hydrogen-bond donors (Lipinski definition) is 1. The maximum Gasteiger partial charge on any atom is 0.310 e. The molecular weight excluding hydrogens is 190 g/mol. The van der Waals surface area contributed by atoms with E-state index in [9.17, 15) is 4.79 Å². The minimum absolute atomic E-state index is 0. The fourth-order valence-electron chi connectivity index (χ4n) is 0.739. The second-order valence-electron chi connectivity index (χ2n) is 2.40. The van der Waals surface area contributed by atoms with Gasteiger partial charge in [0.2, 0.25) is 0 Å². The molecule has 0 aliphatic heterocycles. The normalized spacial score (nSPS) is 8.69. The Hall–Kier alpha value is -1.22. The average molecular weight is 202 g/mol. The fourth-order valence-corrected chi connectivity index (χ4v) is 0.739. The quantitative estimate of drug-likeness (QED) is 0.453. The molecule has 0 bridgehead atoms. The Balaban J connectivity index is 0.00000144. The van der Waals surface area contributed by atoms with Crippen LogP contribution in [-0.2, 0) is 4.79 Å². The Kier molecular flexibility index (Phi) is 4.92. The number of carbonyl (C=O) groups excluding carboxylic acids is 1. The van der Waals surface area contributed by atoms with Gasteiger partial charge in [-0.2, -0.15) is 0 Å². The third-order valence-electron chi connectivity index (χ3n) is 1.40. The Labute approximate surface area is 83.3 Å². The minimum atomic E-state index is -0.236. The van der Waals surface area contributed by atoms with E-state index in [0.717, 1.165) is 0 Å². The first kappa shape index (κ1) is 11.8. The van der Waals surface area contributed by atoms with Crippen LogP contribution in [0.3, 0.4) is 0 Å². The lowest BCUT2D eigenvalue weighted by molar-refractivity contribution is -0.134. The molecule has 1 rings (SSSR count). The number of ether oxygens (including phenoxy) is 1. The van der Waals surface area contributed by atoms with Crippen molar-refractivity contribution in [2.45, 2.75) is 13.3 Å². The Morgan fingerprint density at radius 1 is 1.38 bits per heavy atom. The summed E-state index contributed by atoms with van der Waals surface area (Å²) in [5.74, 6) is 0.302. The van der Waals surface area contributed by atoms with Gasteiger partial charge < -0.3 is 10.5 Å². The number of anilines is 1. The first-order valence-corrected chi connectivity index (χ1v) is 3.78. The monoisotopic (exact) mass is 201 g/mol. The second-order valence-corrected chi connectivity index (χ2v) is 2.40. The Morgan fingerprint density at radius 3 is 2.38 bits per heavy atom. The molecular formula is C9H12ClNO2. The van der Waals surface area contributed by atoms with E-state index < -0.39 is 0 Å². The van der Waals surface area contributed by atoms with Crippen molar-refractivity contribution in [2.75, 3.05) is 5.73 Å². The number of benzene rings is 1. The number of rotatable bonds is 2. The van der Waals surface area contributed by atoms with Crippen molar-refractivity contribution >= 4 is 24.1 Å². The van der Waals surface area contributed by atoms with Crippen molar-refractivity contribution < 1.29 is 9.53 Å². The van der Waals surface area contributed by atoms with Gasteiger partial charge in [-0.05, 0) is 24.3 Å². The molecule has 0 spiro atoms. The molecule has 0 fully saturated rings. The molecule has 0 saturated carbocycles. The van der Waals surface area contributed by atoms with Gasteiger partial charge in [0.1, 0.15) is 5.75 Å². The molecule has 13 heavy (non-hydrogen) atoms. The molecule has 0 amide bonds. The van der Waals surface area contributed by atoms with Crippen LogP contribution in [0, 0.1) is 0 Å². The summed E-state index contributed by atoms with van der Waals surface area (Å²) in [5.41, 5.74) is 6.11. The molecule has 0 saturated heterocycles. The Bertz CT molecular complexity index is 271. The lowest BCUT2D eigenvalue weighted by Crippen LogP contribution is -2.05. The summed E-state index contributed by atoms with van der Waals surface area (Å²) in [6.45, 7) is 1.75. The first-order valence-electron chi connectivity index (χ1n) is 3.78. The van der Waals surface area contributed by atoms with E-state index in [4.69, 9.17) is 10.5 Å². The minimum Gasteiger partial charge on any atom is -0.427 e. The van der Waals surface area contributed by atoms with Crippen molar-refractivity contribution in [3.63, 3.8) is 0 Å². The van der Waals surface area contributed by atoms with E-state index in [1.165, 1.54) is 0 Å². The van der Waals surface area contributed by atoms with Crippen LogP contribution >= 0.6 is 12.4 Å². The molecule has 0 aromatic heterocycles. The fraction of sp³-hybridized carbons (Fsp3) is 0.222. The molecule has 1 aromatic carbocycles. The van der Waals surface area contributed by atoms with E-state index in [2.05, 4.69) is 0 Å².